The van der Waals surface area contributed by atoms with Crippen LogP contribution in [0.3, 0.4) is 0 Å². The molecule has 1 aliphatic heterocycles. The lowest BCUT2D eigenvalue weighted by Crippen LogP contribution is -2.52. The number of piperidine rings is 1. The molecule has 1 saturated carbocycles. The Labute approximate surface area is 261 Å². The summed E-state index contributed by atoms with van der Waals surface area (Å²) >= 11 is 6.23. The number of allylic oxidation sites excluding steroid dienone is 2. The molecule has 2 aliphatic carbocycles. The van der Waals surface area contributed by atoms with Gasteiger partial charge in [0.1, 0.15) is 0 Å². The van der Waals surface area contributed by atoms with Crippen molar-refractivity contribution in [2.45, 2.75) is 103 Å². The molecule has 5 atom stereocenters. The normalized spacial score (nSPS) is 26.2. The Bertz CT molecular complexity index is 710. The van der Waals surface area contributed by atoms with Gasteiger partial charge in [0.05, 0.1) is 0 Å². The highest BCUT2D eigenvalue weighted by atomic mass is 35.5. The molecule has 3 aliphatic rings. The quantitative estimate of drug-likeness (QED) is 0.205. The summed E-state index contributed by atoms with van der Waals surface area (Å²) in [7, 11) is 0. The van der Waals surface area contributed by atoms with Crippen LogP contribution in [0.2, 0.25) is 0 Å². The molecule has 0 aromatic heterocycles. The van der Waals surface area contributed by atoms with E-state index >= 15 is 0 Å². The van der Waals surface area contributed by atoms with Crippen LogP contribution in [0.25, 0.3) is 0 Å². The lowest BCUT2D eigenvalue weighted by Gasteiger charge is -2.47. The zero-order valence-corrected chi connectivity index (χ0v) is 26.7. The van der Waals surface area contributed by atoms with Gasteiger partial charge in [0.15, 0.2) is 0 Å². The van der Waals surface area contributed by atoms with Crippen molar-refractivity contribution in [3.8, 4) is 0 Å². The number of nitrogens with one attached hydrogen (secondary N) is 2. The van der Waals surface area contributed by atoms with E-state index in [0.717, 1.165) is 64.7 Å². The molecule has 2 fully saturated rings. The van der Waals surface area contributed by atoms with Gasteiger partial charge in [0, 0.05) is 43.0 Å². The van der Waals surface area contributed by atoms with E-state index in [1.807, 2.05) is 0 Å². The Morgan fingerprint density at radius 3 is 2.10 bits per heavy atom. The summed E-state index contributed by atoms with van der Waals surface area (Å²) in [6, 6.07) is 0.438. The monoisotopic (exact) mass is 661 g/mol. The van der Waals surface area contributed by atoms with E-state index in [9.17, 15) is 13.2 Å². The summed E-state index contributed by atoms with van der Waals surface area (Å²) in [5.74, 6) is 2.10. The van der Waals surface area contributed by atoms with Crippen molar-refractivity contribution in [3.63, 3.8) is 0 Å². The van der Waals surface area contributed by atoms with E-state index in [2.05, 4.69) is 48.7 Å². The molecule has 3 unspecified atom stereocenters. The van der Waals surface area contributed by atoms with Crippen LogP contribution in [-0.2, 0) is 0 Å². The fourth-order valence-electron chi connectivity index (χ4n) is 6.57. The summed E-state index contributed by atoms with van der Waals surface area (Å²) in [4.78, 5) is 2.66. The number of rotatable bonds is 10. The zero-order valence-electron chi connectivity index (χ0n) is 25.1. The van der Waals surface area contributed by atoms with E-state index in [1.54, 1.807) is 5.57 Å². The Kier molecular flexibility index (Phi) is 28.4. The molecule has 0 aromatic carbocycles. The Morgan fingerprint density at radius 1 is 1.00 bits per heavy atom. The molecular formula is C28H63ClF3N3O6S. The number of hydrogen-bond acceptors (Lipinski definition) is 4. The van der Waals surface area contributed by atoms with Crippen molar-refractivity contribution >= 4 is 23.5 Å². The van der Waals surface area contributed by atoms with Gasteiger partial charge in [-0.15, -0.1) is 11.6 Å². The molecule has 14 N–H and O–H groups in total. The van der Waals surface area contributed by atoms with Gasteiger partial charge in [-0.25, -0.2) is 0 Å². The van der Waals surface area contributed by atoms with Crippen molar-refractivity contribution in [2.75, 3.05) is 32.7 Å². The molecule has 0 amide bonds. The minimum Gasteiger partial charge on any atom is -0.412 e. The van der Waals surface area contributed by atoms with Gasteiger partial charge in [-0.1, -0.05) is 53.2 Å². The molecular weight excluding hydrogens is 599 g/mol. The van der Waals surface area contributed by atoms with Crippen molar-refractivity contribution in [2.24, 2.45) is 29.1 Å². The summed E-state index contributed by atoms with van der Waals surface area (Å²) in [6.45, 7) is 14.2. The molecule has 260 valence electrons. The number of nitrogens with zero attached hydrogens (tertiary/aromatic N) is 1. The predicted molar refractivity (Wildman–Crippen MR) is 172 cm³/mol. The van der Waals surface area contributed by atoms with Gasteiger partial charge in [0.2, 0.25) is 0 Å². The third kappa shape index (κ3) is 16.8. The van der Waals surface area contributed by atoms with Crippen LogP contribution in [0.1, 0.15) is 86.5 Å². The summed E-state index contributed by atoms with van der Waals surface area (Å²) in [5.41, 5.74) is -2.30. The highest BCUT2D eigenvalue weighted by molar-refractivity contribution is 7.98. The second kappa shape index (κ2) is 23.2. The Balaban J connectivity index is -0.000000652. The first kappa shape index (κ1) is 51.4. The molecule has 0 spiro atoms. The lowest BCUT2D eigenvalue weighted by atomic mass is 9.68. The molecule has 14 heteroatoms. The molecule has 0 bridgehead atoms. The van der Waals surface area contributed by atoms with E-state index in [1.165, 1.54) is 12.8 Å². The Morgan fingerprint density at radius 2 is 1.60 bits per heavy atom. The predicted octanol–water partition coefficient (Wildman–Crippen LogP) is 2.92. The SMILES string of the molecule is C.CC(C)[C@H](CN1CC[C@H](C2=CCC(Cl)CC2)C(C)(C)C1)NCC1CCCC(CNSC(F)(F)F)C1.O.O.O.O.O.O. The number of alkyl halides is 4. The van der Waals surface area contributed by atoms with Crippen LogP contribution in [0.4, 0.5) is 13.2 Å². The largest absolute Gasteiger partial charge is 0.456 e. The van der Waals surface area contributed by atoms with Crippen molar-refractivity contribution < 1.29 is 46.0 Å². The van der Waals surface area contributed by atoms with E-state index in [0.29, 0.717) is 41.6 Å². The molecule has 0 radical (unpaired) electrons. The molecule has 42 heavy (non-hydrogen) atoms. The van der Waals surface area contributed by atoms with Crippen LogP contribution in [-0.4, -0.2) is 87.4 Å². The van der Waals surface area contributed by atoms with E-state index < -0.39 is 5.51 Å². The van der Waals surface area contributed by atoms with Crippen molar-refractivity contribution in [1.82, 2.24) is 14.9 Å². The molecule has 1 saturated heterocycles. The summed E-state index contributed by atoms with van der Waals surface area (Å²) in [5, 5.41) is 4.18. The molecule has 3 rings (SSSR count). The van der Waals surface area contributed by atoms with Crippen molar-refractivity contribution in [3.05, 3.63) is 11.6 Å². The first-order chi connectivity index (χ1) is 16.4. The number of halogens is 4. The minimum absolute atomic E-state index is 0. The second-order valence-electron chi connectivity index (χ2n) is 12.3. The average molecular weight is 662 g/mol. The zero-order chi connectivity index (χ0) is 25.6. The highest BCUT2D eigenvalue weighted by Crippen LogP contribution is 2.43. The van der Waals surface area contributed by atoms with Crippen LogP contribution in [0.15, 0.2) is 11.6 Å². The smallest absolute Gasteiger partial charge is 0.412 e. The summed E-state index contributed by atoms with van der Waals surface area (Å²) in [6.07, 6.45) is 11.3. The van der Waals surface area contributed by atoms with Crippen LogP contribution in [0, 0.1) is 29.1 Å². The average Bonchev–Trinajstić information content (AvgIpc) is 2.76. The third-order valence-electron chi connectivity index (χ3n) is 8.52. The van der Waals surface area contributed by atoms with Gasteiger partial charge < -0.3 is 43.1 Å². The first-order valence-electron chi connectivity index (χ1n) is 13.7. The fraction of sp³-hybridized carbons (Fsp3) is 0.929. The van der Waals surface area contributed by atoms with Gasteiger partial charge in [-0.05, 0) is 87.1 Å². The maximum Gasteiger partial charge on any atom is 0.456 e. The van der Waals surface area contributed by atoms with Gasteiger partial charge in [0.25, 0.3) is 0 Å². The molecule has 1 heterocycles. The van der Waals surface area contributed by atoms with Gasteiger partial charge in [-0.3, -0.25) is 4.72 Å². The van der Waals surface area contributed by atoms with Crippen LogP contribution in [0.5, 0.6) is 0 Å². The standard InChI is InChI=1S/C27H47ClF3N3S.CH4.6H2O/c1-19(2)25(32-15-20-6-5-7-21(14-20)16-33-35-27(29,30)31)17-34-13-12-24(26(3,4)18-34)22-8-10-23(28)11-9-22;;;;;;;/h8,19-21,23-25,32-33H,5-7,9-18H2,1-4H3;1H4;6*1H2/t20?,21?,23?,24-,25+;;;;;;;/m1......./s1. The third-order valence-corrected chi connectivity index (χ3v) is 9.46. The maximum atomic E-state index is 12.4. The highest BCUT2D eigenvalue weighted by Gasteiger charge is 2.39. The van der Waals surface area contributed by atoms with Crippen molar-refractivity contribution in [1.29, 1.82) is 0 Å². The minimum atomic E-state index is -4.20. The summed E-state index contributed by atoms with van der Waals surface area (Å²) < 4.78 is 39.8. The van der Waals surface area contributed by atoms with Crippen LogP contribution < -0.4 is 10.0 Å². The number of likely N-dealkylation sites (tertiary alicyclic amines) is 1. The topological polar surface area (TPSA) is 216 Å². The first-order valence-corrected chi connectivity index (χ1v) is 14.9. The molecule has 0 aromatic rings. The van der Waals surface area contributed by atoms with E-state index in [4.69, 9.17) is 11.6 Å². The van der Waals surface area contributed by atoms with Crippen LogP contribution >= 0.6 is 23.5 Å². The number of hydrogen-bond donors (Lipinski definition) is 2. The fourth-order valence-corrected chi connectivity index (χ4v) is 7.25. The molecule has 9 nitrogen and oxygen atoms in total. The Hall–Kier alpha value is -0.190. The van der Waals surface area contributed by atoms with Gasteiger partial charge >= 0.3 is 5.51 Å². The lowest BCUT2D eigenvalue weighted by molar-refractivity contribution is -0.0336. The van der Waals surface area contributed by atoms with Gasteiger partial charge in [-0.2, -0.15) is 13.2 Å². The van der Waals surface area contributed by atoms with E-state index in [-0.39, 0.29) is 57.6 Å². The maximum absolute atomic E-state index is 12.4. The second-order valence-corrected chi connectivity index (χ2v) is 13.8.